The second kappa shape index (κ2) is 3.34. The number of rotatable bonds is 1. The van der Waals surface area contributed by atoms with Crippen LogP contribution in [0.3, 0.4) is 0 Å². The molecule has 2 aliphatic carbocycles. The zero-order valence-electron chi connectivity index (χ0n) is 9.12. The Balaban J connectivity index is 2.24. The SMILES string of the molecule is CC(=O)C1CC[C@H]2[C@@H](O)CCC[C@]12C. The number of aliphatic hydroxyl groups excluding tert-OH is 1. The van der Waals surface area contributed by atoms with Gasteiger partial charge in [-0.25, -0.2) is 0 Å². The molecule has 0 aromatic heterocycles. The van der Waals surface area contributed by atoms with Gasteiger partial charge in [-0.1, -0.05) is 13.3 Å². The zero-order chi connectivity index (χ0) is 10.3. The zero-order valence-corrected chi connectivity index (χ0v) is 9.12. The van der Waals surface area contributed by atoms with Gasteiger partial charge in [-0.05, 0) is 43.9 Å². The molecule has 0 aliphatic heterocycles. The first kappa shape index (κ1) is 10.2. The fourth-order valence-electron chi connectivity index (χ4n) is 3.82. The maximum absolute atomic E-state index is 11.5. The molecule has 2 aliphatic rings. The van der Waals surface area contributed by atoms with Gasteiger partial charge >= 0.3 is 0 Å². The van der Waals surface area contributed by atoms with Crippen LogP contribution in [-0.2, 0) is 4.79 Å². The highest BCUT2D eigenvalue weighted by Gasteiger charge is 2.52. The van der Waals surface area contributed by atoms with Crippen LogP contribution in [0.25, 0.3) is 0 Å². The molecule has 14 heavy (non-hydrogen) atoms. The Morgan fingerprint density at radius 3 is 2.71 bits per heavy atom. The van der Waals surface area contributed by atoms with E-state index in [0.29, 0.717) is 11.7 Å². The average Bonchev–Trinajstić information content (AvgIpc) is 2.43. The van der Waals surface area contributed by atoms with Crippen LogP contribution >= 0.6 is 0 Å². The smallest absolute Gasteiger partial charge is 0.133 e. The first-order chi connectivity index (χ1) is 6.55. The molecular weight excluding hydrogens is 176 g/mol. The van der Waals surface area contributed by atoms with Crippen molar-refractivity contribution in [2.24, 2.45) is 17.3 Å². The summed E-state index contributed by atoms with van der Waals surface area (Å²) in [4.78, 5) is 11.5. The van der Waals surface area contributed by atoms with Gasteiger partial charge < -0.3 is 5.11 Å². The van der Waals surface area contributed by atoms with E-state index >= 15 is 0 Å². The number of Topliss-reactive ketones (excluding diaryl/α,β-unsaturated/α-hetero) is 1. The highest BCUT2D eigenvalue weighted by Crippen LogP contribution is 2.55. The van der Waals surface area contributed by atoms with E-state index in [-0.39, 0.29) is 17.4 Å². The highest BCUT2D eigenvalue weighted by atomic mass is 16.3. The molecule has 1 N–H and O–H groups in total. The molecule has 0 heterocycles. The number of hydrogen-bond acceptors (Lipinski definition) is 2. The molecule has 2 saturated carbocycles. The Bertz CT molecular complexity index is 249. The topological polar surface area (TPSA) is 37.3 Å². The molecule has 2 nitrogen and oxygen atoms in total. The van der Waals surface area contributed by atoms with Gasteiger partial charge in [0.2, 0.25) is 0 Å². The van der Waals surface area contributed by atoms with Gasteiger partial charge in [-0.3, -0.25) is 4.79 Å². The molecule has 0 aromatic rings. The van der Waals surface area contributed by atoms with Gasteiger partial charge in [0.1, 0.15) is 5.78 Å². The van der Waals surface area contributed by atoms with Crippen molar-refractivity contribution in [1.29, 1.82) is 0 Å². The average molecular weight is 196 g/mol. The summed E-state index contributed by atoms with van der Waals surface area (Å²) in [6.07, 6.45) is 5.02. The predicted octanol–water partition coefficient (Wildman–Crippen LogP) is 2.15. The van der Waals surface area contributed by atoms with Crippen molar-refractivity contribution < 1.29 is 9.90 Å². The number of ketones is 1. The summed E-state index contributed by atoms with van der Waals surface area (Å²) in [5.74, 6) is 0.914. The molecule has 0 bridgehead atoms. The lowest BCUT2D eigenvalue weighted by Gasteiger charge is -2.42. The minimum atomic E-state index is -0.155. The number of fused-ring (bicyclic) bond motifs is 1. The van der Waals surface area contributed by atoms with E-state index in [1.807, 2.05) is 0 Å². The molecule has 1 unspecified atom stereocenters. The summed E-state index contributed by atoms with van der Waals surface area (Å²) in [6, 6.07) is 0. The standard InChI is InChI=1S/C12H20O2/c1-8(13)9-5-6-10-11(14)4-3-7-12(9,10)2/h9-11,14H,3-7H2,1-2H3/t9?,10-,11-,12+/m0/s1. The van der Waals surface area contributed by atoms with E-state index in [9.17, 15) is 9.90 Å². The second-order valence-electron chi connectivity index (χ2n) is 5.31. The van der Waals surface area contributed by atoms with Gasteiger partial charge in [0, 0.05) is 5.92 Å². The third-order valence-corrected chi connectivity index (χ3v) is 4.58. The van der Waals surface area contributed by atoms with Crippen molar-refractivity contribution in [3.05, 3.63) is 0 Å². The molecule has 0 amide bonds. The van der Waals surface area contributed by atoms with Gasteiger partial charge in [0.25, 0.3) is 0 Å². The van der Waals surface area contributed by atoms with E-state index in [1.54, 1.807) is 6.92 Å². The van der Waals surface area contributed by atoms with Crippen molar-refractivity contribution in [2.75, 3.05) is 0 Å². The van der Waals surface area contributed by atoms with Crippen LogP contribution in [0, 0.1) is 17.3 Å². The van der Waals surface area contributed by atoms with Crippen molar-refractivity contribution in [1.82, 2.24) is 0 Å². The lowest BCUT2D eigenvalue weighted by atomic mass is 9.63. The fourth-order valence-corrected chi connectivity index (χ4v) is 3.82. The second-order valence-corrected chi connectivity index (χ2v) is 5.31. The maximum Gasteiger partial charge on any atom is 0.133 e. The van der Waals surface area contributed by atoms with Crippen LogP contribution < -0.4 is 0 Å². The molecule has 4 atom stereocenters. The predicted molar refractivity (Wildman–Crippen MR) is 54.9 cm³/mol. The number of carbonyl (C=O) groups is 1. The summed E-state index contributed by atoms with van der Waals surface area (Å²) in [5, 5.41) is 9.93. The quantitative estimate of drug-likeness (QED) is 0.697. The molecule has 0 spiro atoms. The van der Waals surface area contributed by atoms with E-state index in [4.69, 9.17) is 0 Å². The largest absolute Gasteiger partial charge is 0.393 e. The van der Waals surface area contributed by atoms with Crippen LogP contribution in [0.5, 0.6) is 0 Å². The number of aliphatic hydroxyl groups is 1. The lowest BCUT2D eigenvalue weighted by molar-refractivity contribution is -0.126. The number of hydrogen-bond donors (Lipinski definition) is 1. The molecule has 2 fully saturated rings. The Morgan fingerprint density at radius 1 is 1.36 bits per heavy atom. The molecule has 0 saturated heterocycles. The first-order valence-corrected chi connectivity index (χ1v) is 5.74. The Kier molecular flexibility index (Phi) is 2.42. The monoisotopic (exact) mass is 196 g/mol. The van der Waals surface area contributed by atoms with E-state index in [0.717, 1.165) is 32.1 Å². The summed E-state index contributed by atoms with van der Waals surface area (Å²) in [7, 11) is 0. The van der Waals surface area contributed by atoms with Gasteiger partial charge in [-0.2, -0.15) is 0 Å². The molecule has 2 rings (SSSR count). The minimum absolute atomic E-state index is 0.101. The van der Waals surface area contributed by atoms with E-state index in [2.05, 4.69) is 6.92 Å². The van der Waals surface area contributed by atoms with Crippen LogP contribution in [0.4, 0.5) is 0 Å². The highest BCUT2D eigenvalue weighted by molar-refractivity contribution is 5.79. The van der Waals surface area contributed by atoms with E-state index in [1.165, 1.54) is 0 Å². The third-order valence-electron chi connectivity index (χ3n) is 4.58. The summed E-state index contributed by atoms with van der Waals surface area (Å²) in [6.45, 7) is 3.92. The van der Waals surface area contributed by atoms with Crippen molar-refractivity contribution in [3.8, 4) is 0 Å². The summed E-state index contributed by atoms with van der Waals surface area (Å²) < 4.78 is 0. The lowest BCUT2D eigenvalue weighted by Crippen LogP contribution is -2.41. The van der Waals surface area contributed by atoms with Crippen molar-refractivity contribution >= 4 is 5.78 Å². The van der Waals surface area contributed by atoms with Crippen molar-refractivity contribution in [2.45, 2.75) is 52.1 Å². The Hall–Kier alpha value is -0.370. The van der Waals surface area contributed by atoms with Crippen LogP contribution in [0.1, 0.15) is 46.0 Å². The fraction of sp³-hybridized carbons (Fsp3) is 0.917. The number of carbonyl (C=O) groups excluding carboxylic acids is 1. The normalized spacial score (nSPS) is 47.5. The van der Waals surface area contributed by atoms with Gasteiger partial charge in [0.05, 0.1) is 6.10 Å². The summed E-state index contributed by atoms with van der Waals surface area (Å²) >= 11 is 0. The van der Waals surface area contributed by atoms with Crippen molar-refractivity contribution in [3.63, 3.8) is 0 Å². The minimum Gasteiger partial charge on any atom is -0.393 e. The molecule has 0 radical (unpaired) electrons. The molecule has 80 valence electrons. The molecule has 0 aromatic carbocycles. The molecular formula is C12H20O2. The van der Waals surface area contributed by atoms with Gasteiger partial charge in [-0.15, -0.1) is 0 Å². The van der Waals surface area contributed by atoms with Crippen LogP contribution in [-0.4, -0.2) is 17.0 Å². The summed E-state index contributed by atoms with van der Waals surface area (Å²) in [5.41, 5.74) is 0.101. The Morgan fingerprint density at radius 2 is 2.07 bits per heavy atom. The van der Waals surface area contributed by atoms with Gasteiger partial charge in [0.15, 0.2) is 0 Å². The molecule has 2 heteroatoms. The third kappa shape index (κ3) is 1.31. The first-order valence-electron chi connectivity index (χ1n) is 5.74. The van der Waals surface area contributed by atoms with E-state index < -0.39 is 0 Å². The Labute approximate surface area is 85.7 Å². The van der Waals surface area contributed by atoms with Crippen LogP contribution in [0.15, 0.2) is 0 Å². The van der Waals surface area contributed by atoms with Crippen LogP contribution in [0.2, 0.25) is 0 Å². The maximum atomic E-state index is 11.5.